The van der Waals surface area contributed by atoms with Crippen LogP contribution in [0.15, 0.2) is 35.7 Å². The molecule has 0 N–H and O–H groups in total. The van der Waals surface area contributed by atoms with Crippen LogP contribution in [0.3, 0.4) is 0 Å². The molecule has 2 rings (SSSR count). The molecule has 1 heterocycles. The summed E-state index contributed by atoms with van der Waals surface area (Å²) in [4.78, 5) is 29.7. The molecule has 0 aliphatic carbocycles. The summed E-state index contributed by atoms with van der Waals surface area (Å²) < 4.78 is 5.40. The summed E-state index contributed by atoms with van der Waals surface area (Å²) in [6.45, 7) is 6.42. The van der Waals surface area contributed by atoms with E-state index in [1.807, 2.05) is 25.3 Å². The lowest BCUT2D eigenvalue weighted by Crippen LogP contribution is -2.27. The minimum atomic E-state index is -0.120. The van der Waals surface area contributed by atoms with Gasteiger partial charge in [-0.15, -0.1) is 11.3 Å². The maximum absolute atomic E-state index is 12.2. The van der Waals surface area contributed by atoms with E-state index >= 15 is 0 Å². The molecule has 0 fully saturated rings. The van der Waals surface area contributed by atoms with Crippen LogP contribution in [0.5, 0.6) is 5.75 Å². The van der Waals surface area contributed by atoms with E-state index < -0.39 is 0 Å². The molecule has 5 nitrogen and oxygen atoms in total. The van der Waals surface area contributed by atoms with E-state index in [4.69, 9.17) is 4.74 Å². The number of benzene rings is 1. The van der Waals surface area contributed by atoms with Crippen LogP contribution < -0.4 is 9.64 Å². The number of anilines is 1. The predicted molar refractivity (Wildman–Crippen MR) is 96.8 cm³/mol. The highest BCUT2D eigenvalue weighted by Crippen LogP contribution is 2.21. The molecule has 2 aromatic rings. The zero-order valence-electron chi connectivity index (χ0n) is 14.0. The minimum Gasteiger partial charge on any atom is -0.494 e. The summed E-state index contributed by atoms with van der Waals surface area (Å²) >= 11 is 1.38. The van der Waals surface area contributed by atoms with E-state index in [2.05, 4.69) is 4.98 Å². The number of carbonyl (C=O) groups is 2. The molecule has 1 aromatic heterocycles. The van der Waals surface area contributed by atoms with Gasteiger partial charge in [0, 0.05) is 24.4 Å². The maximum atomic E-state index is 12.2. The van der Waals surface area contributed by atoms with E-state index in [1.54, 1.807) is 29.2 Å². The van der Waals surface area contributed by atoms with Gasteiger partial charge in [-0.2, -0.15) is 0 Å². The molecule has 0 spiro atoms. The van der Waals surface area contributed by atoms with Gasteiger partial charge in [0.15, 0.2) is 10.9 Å². The summed E-state index contributed by atoms with van der Waals surface area (Å²) in [6.07, 6.45) is 3.14. The van der Waals surface area contributed by atoms with Crippen LogP contribution in [0.2, 0.25) is 0 Å². The lowest BCUT2D eigenvalue weighted by atomic mass is 10.1. The SMILES string of the molecule is CCOc1cccc(C(=O)C=Cc2csc(N(CC)C(C)=O)n2)c1. The fourth-order valence-corrected chi connectivity index (χ4v) is 3.03. The van der Waals surface area contributed by atoms with Crippen molar-refractivity contribution in [1.82, 2.24) is 4.98 Å². The number of hydrogen-bond donors (Lipinski definition) is 0. The summed E-state index contributed by atoms with van der Waals surface area (Å²) in [5.41, 5.74) is 1.22. The second-order valence-corrected chi connectivity index (χ2v) is 5.81. The van der Waals surface area contributed by atoms with Crippen molar-refractivity contribution in [2.45, 2.75) is 20.8 Å². The van der Waals surface area contributed by atoms with Gasteiger partial charge in [-0.25, -0.2) is 4.98 Å². The molecule has 0 radical (unpaired) electrons. The van der Waals surface area contributed by atoms with Gasteiger partial charge >= 0.3 is 0 Å². The van der Waals surface area contributed by atoms with Crippen molar-refractivity contribution in [3.63, 3.8) is 0 Å². The van der Waals surface area contributed by atoms with Crippen LogP contribution in [0.1, 0.15) is 36.8 Å². The Kier molecular flexibility index (Phi) is 6.26. The second kappa shape index (κ2) is 8.40. The number of rotatable bonds is 7. The second-order valence-electron chi connectivity index (χ2n) is 4.98. The molecule has 0 atom stereocenters. The fraction of sp³-hybridized carbons (Fsp3) is 0.278. The van der Waals surface area contributed by atoms with Gasteiger partial charge < -0.3 is 4.74 Å². The van der Waals surface area contributed by atoms with Crippen LogP contribution in [-0.4, -0.2) is 29.8 Å². The fourth-order valence-electron chi connectivity index (χ4n) is 2.13. The van der Waals surface area contributed by atoms with Crippen LogP contribution in [-0.2, 0) is 4.79 Å². The van der Waals surface area contributed by atoms with E-state index in [9.17, 15) is 9.59 Å². The van der Waals surface area contributed by atoms with Crippen molar-refractivity contribution in [3.8, 4) is 5.75 Å². The third-order valence-corrected chi connectivity index (χ3v) is 4.15. The monoisotopic (exact) mass is 344 g/mol. The van der Waals surface area contributed by atoms with Crippen LogP contribution in [0.4, 0.5) is 5.13 Å². The summed E-state index contributed by atoms with van der Waals surface area (Å²) in [7, 11) is 0. The molecule has 0 saturated heterocycles. The molecule has 1 amide bonds. The van der Waals surface area contributed by atoms with Gasteiger partial charge in [-0.1, -0.05) is 12.1 Å². The number of ether oxygens (including phenoxy) is 1. The Labute approximate surface area is 145 Å². The number of thiazole rings is 1. The first kappa shape index (κ1) is 17.9. The Morgan fingerprint density at radius 1 is 1.33 bits per heavy atom. The number of nitrogens with zero attached hydrogens (tertiary/aromatic N) is 2. The molecule has 0 unspecified atom stereocenters. The minimum absolute atomic E-state index is 0.0498. The van der Waals surface area contributed by atoms with Crippen molar-refractivity contribution in [2.24, 2.45) is 0 Å². The van der Waals surface area contributed by atoms with Crippen LogP contribution in [0.25, 0.3) is 6.08 Å². The standard InChI is InChI=1S/C18H20N2O3S/c1-4-20(13(3)21)18-19-15(12-24-18)9-10-17(22)14-7-6-8-16(11-14)23-5-2/h6-12H,4-5H2,1-3H3. The number of hydrogen-bond acceptors (Lipinski definition) is 5. The highest BCUT2D eigenvalue weighted by Gasteiger charge is 2.12. The molecule has 0 aliphatic rings. The molecular formula is C18H20N2O3S. The van der Waals surface area contributed by atoms with E-state index in [-0.39, 0.29) is 11.7 Å². The molecular weight excluding hydrogens is 324 g/mol. The molecule has 6 heteroatoms. The van der Waals surface area contributed by atoms with E-state index in [1.165, 1.54) is 24.3 Å². The van der Waals surface area contributed by atoms with E-state index in [0.717, 1.165) is 0 Å². The van der Waals surface area contributed by atoms with Gasteiger partial charge in [0.25, 0.3) is 0 Å². The zero-order valence-corrected chi connectivity index (χ0v) is 14.8. The normalized spacial score (nSPS) is 10.8. The smallest absolute Gasteiger partial charge is 0.225 e. The predicted octanol–water partition coefficient (Wildman–Crippen LogP) is 3.81. The number of allylic oxidation sites excluding steroid dienone is 1. The van der Waals surface area contributed by atoms with Gasteiger partial charge in [-0.3, -0.25) is 14.5 Å². The molecule has 126 valence electrons. The highest BCUT2D eigenvalue weighted by molar-refractivity contribution is 7.14. The van der Waals surface area contributed by atoms with E-state index in [0.29, 0.717) is 35.3 Å². The first-order chi connectivity index (χ1) is 11.5. The van der Waals surface area contributed by atoms with Gasteiger partial charge in [0.05, 0.1) is 12.3 Å². The number of aromatic nitrogens is 1. The third-order valence-electron chi connectivity index (χ3n) is 3.27. The molecule has 24 heavy (non-hydrogen) atoms. The maximum Gasteiger partial charge on any atom is 0.225 e. The average molecular weight is 344 g/mol. The Morgan fingerprint density at radius 2 is 2.12 bits per heavy atom. The number of carbonyl (C=O) groups excluding carboxylic acids is 2. The number of ketones is 1. The summed E-state index contributed by atoms with van der Waals surface area (Å²) in [5, 5.41) is 2.46. The largest absolute Gasteiger partial charge is 0.494 e. The van der Waals surface area contributed by atoms with Crippen LogP contribution in [0, 0.1) is 0 Å². The Hall–Kier alpha value is -2.47. The first-order valence-corrected chi connectivity index (χ1v) is 8.62. The molecule has 0 saturated carbocycles. The Morgan fingerprint density at radius 3 is 2.79 bits per heavy atom. The molecule has 0 aliphatic heterocycles. The lowest BCUT2D eigenvalue weighted by Gasteiger charge is -2.14. The topological polar surface area (TPSA) is 59.5 Å². The zero-order chi connectivity index (χ0) is 17.5. The van der Waals surface area contributed by atoms with Crippen LogP contribution >= 0.6 is 11.3 Å². The van der Waals surface area contributed by atoms with Crippen molar-refractivity contribution >= 4 is 34.2 Å². The van der Waals surface area contributed by atoms with Crippen molar-refractivity contribution in [2.75, 3.05) is 18.1 Å². The van der Waals surface area contributed by atoms with Gasteiger partial charge in [0.1, 0.15) is 5.75 Å². The van der Waals surface area contributed by atoms with Crippen molar-refractivity contribution in [3.05, 3.63) is 47.0 Å². The quantitative estimate of drug-likeness (QED) is 0.566. The van der Waals surface area contributed by atoms with Crippen molar-refractivity contribution in [1.29, 1.82) is 0 Å². The van der Waals surface area contributed by atoms with Gasteiger partial charge in [-0.05, 0) is 38.1 Å². The summed E-state index contributed by atoms with van der Waals surface area (Å²) in [5.74, 6) is 0.504. The lowest BCUT2D eigenvalue weighted by molar-refractivity contribution is -0.116. The highest BCUT2D eigenvalue weighted by atomic mass is 32.1. The average Bonchev–Trinajstić information content (AvgIpc) is 3.02. The molecule has 1 aromatic carbocycles. The third kappa shape index (κ3) is 4.52. The summed E-state index contributed by atoms with van der Waals surface area (Å²) in [6, 6.07) is 7.07. The Bertz CT molecular complexity index is 752. The Balaban J connectivity index is 2.10. The van der Waals surface area contributed by atoms with Gasteiger partial charge in [0.2, 0.25) is 5.91 Å². The van der Waals surface area contributed by atoms with Crippen molar-refractivity contribution < 1.29 is 14.3 Å². The molecule has 0 bridgehead atoms. The first-order valence-electron chi connectivity index (χ1n) is 7.74. The number of amides is 1.